The first-order valence-electron chi connectivity index (χ1n) is 5.72. The van der Waals surface area contributed by atoms with Gasteiger partial charge >= 0.3 is 0 Å². The van der Waals surface area contributed by atoms with Crippen molar-refractivity contribution in [2.45, 2.75) is 19.4 Å². The minimum atomic E-state index is 0.424. The van der Waals surface area contributed by atoms with Crippen molar-refractivity contribution < 1.29 is 0 Å². The Kier molecular flexibility index (Phi) is 3.97. The summed E-state index contributed by atoms with van der Waals surface area (Å²) in [6, 6.07) is 8.91. The van der Waals surface area contributed by atoms with Gasteiger partial charge < -0.3 is 5.32 Å². The van der Waals surface area contributed by atoms with E-state index in [1.54, 1.807) is 6.20 Å². The lowest BCUT2D eigenvalue weighted by atomic mass is 10.0. The zero-order valence-corrected chi connectivity index (χ0v) is 11.6. The summed E-state index contributed by atoms with van der Waals surface area (Å²) in [4.78, 5) is 0. The predicted octanol–water partition coefficient (Wildman–Crippen LogP) is 3.31. The van der Waals surface area contributed by atoms with E-state index >= 15 is 0 Å². The van der Waals surface area contributed by atoms with Gasteiger partial charge in [-0.2, -0.15) is 5.10 Å². The summed E-state index contributed by atoms with van der Waals surface area (Å²) in [6.07, 6.45) is 4.82. The minimum Gasteiger partial charge on any atom is -0.313 e. The van der Waals surface area contributed by atoms with E-state index in [1.807, 2.05) is 17.9 Å². The topological polar surface area (TPSA) is 29.9 Å². The Morgan fingerprint density at radius 1 is 1.35 bits per heavy atom. The lowest BCUT2D eigenvalue weighted by Crippen LogP contribution is -2.15. The summed E-state index contributed by atoms with van der Waals surface area (Å²) in [6.45, 7) is 2.18. The molecule has 0 saturated heterocycles. The Balaban J connectivity index is 2.23. The maximum Gasteiger partial charge on any atom is 0.0646 e. The van der Waals surface area contributed by atoms with E-state index in [2.05, 4.69) is 57.5 Å². The Bertz CT molecular complexity index is 472. The van der Waals surface area contributed by atoms with Crippen molar-refractivity contribution >= 4 is 15.9 Å². The first kappa shape index (κ1) is 12.3. The number of nitrogens with one attached hydrogen (secondary N) is 1. The third-order valence-electron chi connectivity index (χ3n) is 2.87. The van der Waals surface area contributed by atoms with Crippen LogP contribution in [0.1, 0.15) is 24.9 Å². The van der Waals surface area contributed by atoms with E-state index in [-0.39, 0.29) is 0 Å². The van der Waals surface area contributed by atoms with Crippen LogP contribution in [0.5, 0.6) is 0 Å². The summed E-state index contributed by atoms with van der Waals surface area (Å²) in [5.74, 6) is 0. The van der Waals surface area contributed by atoms with Crippen molar-refractivity contribution in [3.8, 4) is 5.69 Å². The highest BCUT2D eigenvalue weighted by Crippen LogP contribution is 2.18. The monoisotopic (exact) mass is 293 g/mol. The standard InChI is InChI=1S/C13H16BrN3/c1-3-13(15-2)10-4-6-12(7-5-10)17-9-11(14)8-16-17/h4-9,13,15H,3H2,1-2H3. The highest BCUT2D eigenvalue weighted by atomic mass is 79.9. The molecule has 0 fully saturated rings. The van der Waals surface area contributed by atoms with Crippen molar-refractivity contribution in [1.29, 1.82) is 0 Å². The number of nitrogens with zero attached hydrogens (tertiary/aromatic N) is 2. The van der Waals surface area contributed by atoms with Crippen LogP contribution >= 0.6 is 15.9 Å². The molecule has 0 aliphatic rings. The molecule has 0 amide bonds. The van der Waals surface area contributed by atoms with E-state index in [1.165, 1.54) is 5.56 Å². The Hall–Kier alpha value is -1.13. The van der Waals surface area contributed by atoms with Crippen LogP contribution in [-0.4, -0.2) is 16.8 Å². The highest BCUT2D eigenvalue weighted by Gasteiger charge is 2.06. The third-order valence-corrected chi connectivity index (χ3v) is 3.28. The van der Waals surface area contributed by atoms with Gasteiger partial charge in [0.05, 0.1) is 16.4 Å². The molecular formula is C13H16BrN3. The Morgan fingerprint density at radius 2 is 2.06 bits per heavy atom. The van der Waals surface area contributed by atoms with E-state index in [0.29, 0.717) is 6.04 Å². The molecule has 0 saturated carbocycles. The molecule has 1 unspecified atom stereocenters. The molecular weight excluding hydrogens is 278 g/mol. The molecule has 17 heavy (non-hydrogen) atoms. The van der Waals surface area contributed by atoms with Gasteiger partial charge in [-0.25, -0.2) is 4.68 Å². The Morgan fingerprint density at radius 3 is 2.53 bits per heavy atom. The van der Waals surface area contributed by atoms with Crippen LogP contribution in [0.15, 0.2) is 41.1 Å². The first-order chi connectivity index (χ1) is 8.24. The fourth-order valence-corrected chi connectivity index (χ4v) is 2.19. The van der Waals surface area contributed by atoms with E-state index in [4.69, 9.17) is 0 Å². The second-order valence-corrected chi connectivity index (χ2v) is 4.86. The summed E-state index contributed by atoms with van der Waals surface area (Å²) in [5.41, 5.74) is 2.38. The van der Waals surface area contributed by atoms with E-state index < -0.39 is 0 Å². The molecule has 2 rings (SSSR count). The maximum absolute atomic E-state index is 4.26. The molecule has 0 radical (unpaired) electrons. The smallest absolute Gasteiger partial charge is 0.0646 e. The van der Waals surface area contributed by atoms with Crippen molar-refractivity contribution in [2.24, 2.45) is 0 Å². The van der Waals surface area contributed by atoms with Gasteiger partial charge in [0.2, 0.25) is 0 Å². The zero-order valence-electron chi connectivity index (χ0n) is 10.0. The lowest BCUT2D eigenvalue weighted by molar-refractivity contribution is 0.577. The molecule has 1 aromatic heterocycles. The van der Waals surface area contributed by atoms with Gasteiger partial charge in [0, 0.05) is 12.2 Å². The van der Waals surface area contributed by atoms with Crippen molar-refractivity contribution in [3.05, 3.63) is 46.7 Å². The van der Waals surface area contributed by atoms with Crippen molar-refractivity contribution in [1.82, 2.24) is 15.1 Å². The minimum absolute atomic E-state index is 0.424. The summed E-state index contributed by atoms with van der Waals surface area (Å²) >= 11 is 3.40. The summed E-state index contributed by atoms with van der Waals surface area (Å²) < 4.78 is 2.84. The van der Waals surface area contributed by atoms with Crippen molar-refractivity contribution in [3.63, 3.8) is 0 Å². The van der Waals surface area contributed by atoms with Crippen LogP contribution < -0.4 is 5.32 Å². The molecule has 0 spiro atoms. The van der Waals surface area contributed by atoms with Crippen LogP contribution in [0.2, 0.25) is 0 Å². The normalized spacial score (nSPS) is 12.6. The predicted molar refractivity (Wildman–Crippen MR) is 73.4 cm³/mol. The molecule has 2 aromatic rings. The van der Waals surface area contributed by atoms with Gasteiger partial charge in [0.25, 0.3) is 0 Å². The molecule has 0 bridgehead atoms. The molecule has 1 atom stereocenters. The number of hydrogen-bond acceptors (Lipinski definition) is 2. The van der Waals surface area contributed by atoms with Crippen LogP contribution in [0.4, 0.5) is 0 Å². The van der Waals surface area contributed by atoms with Gasteiger partial charge in [-0.15, -0.1) is 0 Å². The number of aromatic nitrogens is 2. The van der Waals surface area contributed by atoms with Gasteiger partial charge in [-0.3, -0.25) is 0 Å². The van der Waals surface area contributed by atoms with E-state index in [0.717, 1.165) is 16.6 Å². The molecule has 1 N–H and O–H groups in total. The largest absolute Gasteiger partial charge is 0.313 e. The number of hydrogen-bond donors (Lipinski definition) is 1. The molecule has 1 heterocycles. The number of benzene rings is 1. The van der Waals surface area contributed by atoms with Gasteiger partial charge in [-0.1, -0.05) is 19.1 Å². The fraction of sp³-hybridized carbons (Fsp3) is 0.308. The highest BCUT2D eigenvalue weighted by molar-refractivity contribution is 9.10. The SMILES string of the molecule is CCC(NC)c1ccc(-n2cc(Br)cn2)cc1. The van der Waals surface area contributed by atoms with E-state index in [9.17, 15) is 0 Å². The van der Waals surface area contributed by atoms with Crippen LogP contribution in [0.3, 0.4) is 0 Å². The molecule has 0 aliphatic heterocycles. The second-order valence-electron chi connectivity index (χ2n) is 3.94. The average Bonchev–Trinajstić information content (AvgIpc) is 2.78. The second kappa shape index (κ2) is 5.47. The Labute approximate surface area is 110 Å². The average molecular weight is 294 g/mol. The molecule has 4 heteroatoms. The van der Waals surface area contributed by atoms with Gasteiger partial charge in [0.15, 0.2) is 0 Å². The summed E-state index contributed by atoms with van der Waals surface area (Å²) in [5, 5.41) is 7.56. The fourth-order valence-electron chi connectivity index (χ4n) is 1.91. The zero-order chi connectivity index (χ0) is 12.3. The molecule has 0 aliphatic carbocycles. The van der Waals surface area contributed by atoms with Crippen LogP contribution in [-0.2, 0) is 0 Å². The number of halogens is 1. The van der Waals surface area contributed by atoms with Crippen LogP contribution in [0, 0.1) is 0 Å². The quantitative estimate of drug-likeness (QED) is 0.937. The maximum atomic E-state index is 4.26. The number of rotatable bonds is 4. The van der Waals surface area contributed by atoms with Crippen molar-refractivity contribution in [2.75, 3.05) is 7.05 Å². The first-order valence-corrected chi connectivity index (χ1v) is 6.51. The van der Waals surface area contributed by atoms with Gasteiger partial charge in [0.1, 0.15) is 0 Å². The van der Waals surface area contributed by atoms with Crippen LogP contribution in [0.25, 0.3) is 5.69 Å². The molecule has 1 aromatic carbocycles. The third kappa shape index (κ3) is 2.76. The molecule has 90 valence electrons. The lowest BCUT2D eigenvalue weighted by Gasteiger charge is -2.14. The molecule has 3 nitrogen and oxygen atoms in total. The summed E-state index contributed by atoms with van der Waals surface area (Å²) in [7, 11) is 1.99. The van der Waals surface area contributed by atoms with Gasteiger partial charge in [-0.05, 0) is 47.1 Å².